The van der Waals surface area contributed by atoms with Crippen LogP contribution in [0, 0.1) is 6.92 Å². The number of urea groups is 1. The van der Waals surface area contributed by atoms with E-state index in [2.05, 4.69) is 46.7 Å². The molecule has 3 N–H and O–H groups in total. The fraction of sp³-hybridized carbons (Fsp3) is 0.308. The van der Waals surface area contributed by atoms with Crippen LogP contribution in [0.1, 0.15) is 65.4 Å². The van der Waals surface area contributed by atoms with Crippen molar-refractivity contribution in [3.8, 4) is 17.2 Å². The summed E-state index contributed by atoms with van der Waals surface area (Å²) in [5.41, 5.74) is 3.89. The average Bonchev–Trinajstić information content (AvgIpc) is 3.47. The minimum Gasteiger partial charge on any atom is -0.457 e. The molecule has 0 saturated carbocycles. The lowest BCUT2D eigenvalue weighted by atomic mass is 9.92. The van der Waals surface area contributed by atoms with Crippen LogP contribution in [0.5, 0.6) is 11.5 Å². The highest BCUT2D eigenvalue weighted by Crippen LogP contribution is 2.35. The van der Waals surface area contributed by atoms with Crippen LogP contribution in [0.2, 0.25) is 0 Å². The van der Waals surface area contributed by atoms with Crippen LogP contribution >= 0.6 is 0 Å². The monoisotopic (exact) mass is 675 g/mol. The molecule has 0 fully saturated rings. The van der Waals surface area contributed by atoms with Gasteiger partial charge in [0.1, 0.15) is 17.3 Å². The summed E-state index contributed by atoms with van der Waals surface area (Å²) in [5, 5.41) is 15.3. The normalized spacial score (nSPS) is 11.0. The van der Waals surface area contributed by atoms with Gasteiger partial charge in [0.05, 0.1) is 35.2 Å². The van der Waals surface area contributed by atoms with Gasteiger partial charge in [0.25, 0.3) is 0 Å². The zero-order valence-corrected chi connectivity index (χ0v) is 29.9. The number of aromatic nitrogens is 3. The van der Waals surface area contributed by atoms with Gasteiger partial charge in [-0.15, -0.1) is 0 Å². The van der Waals surface area contributed by atoms with Crippen molar-refractivity contribution in [2.75, 3.05) is 10.6 Å². The third-order valence-electron chi connectivity index (χ3n) is 7.25. The number of aryl methyl sites for hydroxylation is 1. The molecule has 0 atom stereocenters. The number of fused-ring (bicyclic) bond motifs is 1. The first-order valence-electron chi connectivity index (χ1n) is 16.5. The number of isocyanates is 1. The number of nitrogens with zero attached hydrogens (tertiary/aromatic N) is 4. The van der Waals surface area contributed by atoms with Gasteiger partial charge in [0.15, 0.2) is 0 Å². The molecule has 260 valence electrons. The number of hydrogen-bond acceptors (Lipinski definition) is 7. The molecule has 2 heterocycles. The summed E-state index contributed by atoms with van der Waals surface area (Å²) in [5.74, 6) is 1.65. The number of hydrogen-bond donors (Lipinski definition) is 3. The lowest BCUT2D eigenvalue weighted by Gasteiger charge is -2.15. The average molecular weight is 676 g/mol. The molecule has 0 unspecified atom stereocenters. The predicted octanol–water partition coefficient (Wildman–Crippen LogP) is 8.26. The summed E-state index contributed by atoms with van der Waals surface area (Å²) in [6, 6.07) is 24.5. The first-order chi connectivity index (χ1) is 23.7. The van der Waals surface area contributed by atoms with E-state index in [0.717, 1.165) is 27.7 Å². The molecule has 0 aliphatic heterocycles. The maximum absolute atomic E-state index is 13.4. The van der Waals surface area contributed by atoms with Crippen LogP contribution in [-0.4, -0.2) is 44.9 Å². The van der Waals surface area contributed by atoms with Crippen LogP contribution in [0.4, 0.5) is 16.3 Å². The quantitative estimate of drug-likeness (QED) is 0.106. The van der Waals surface area contributed by atoms with E-state index >= 15 is 0 Å². The molecule has 0 aliphatic rings. The molecule has 3 amide bonds. The summed E-state index contributed by atoms with van der Waals surface area (Å²) in [7, 11) is 0. The topological polar surface area (TPSA) is 140 Å². The van der Waals surface area contributed by atoms with Crippen molar-refractivity contribution in [2.45, 2.75) is 79.3 Å². The Labute approximate surface area is 293 Å². The number of nitrogens with one attached hydrogen (secondary N) is 3. The van der Waals surface area contributed by atoms with E-state index in [1.165, 1.54) is 6.08 Å². The third-order valence-corrected chi connectivity index (χ3v) is 7.25. The van der Waals surface area contributed by atoms with Crippen molar-refractivity contribution < 1.29 is 19.1 Å². The fourth-order valence-corrected chi connectivity index (χ4v) is 4.84. The zero-order valence-electron chi connectivity index (χ0n) is 29.9. The van der Waals surface area contributed by atoms with E-state index in [1.807, 2.05) is 101 Å². The van der Waals surface area contributed by atoms with Crippen LogP contribution in [0.15, 0.2) is 90.1 Å². The van der Waals surface area contributed by atoms with Gasteiger partial charge in [-0.05, 0) is 65.0 Å². The van der Waals surface area contributed by atoms with Gasteiger partial charge in [-0.1, -0.05) is 62.7 Å². The SMILES string of the molecule is CC(C)N=C=O.Cc1ccc(-n2nc(C(C)(C)C)cc2NC(=O)Nc2ccc(Oc3ccnc(CC(=O)NC(C)C)c3)c3ccccc23)cc1. The van der Waals surface area contributed by atoms with Crippen LogP contribution in [-0.2, 0) is 21.4 Å². The molecule has 0 aliphatic carbocycles. The summed E-state index contributed by atoms with van der Waals surface area (Å²) in [4.78, 5) is 42.5. The molecule has 5 rings (SSSR count). The maximum atomic E-state index is 13.4. The number of rotatable bonds is 9. The Hall–Kier alpha value is -5.80. The van der Waals surface area contributed by atoms with Crippen molar-refractivity contribution in [1.29, 1.82) is 0 Å². The summed E-state index contributed by atoms with van der Waals surface area (Å²) < 4.78 is 8.00. The molecule has 0 radical (unpaired) electrons. The Balaban J connectivity index is 0.000000860. The molecule has 0 spiro atoms. The maximum Gasteiger partial charge on any atom is 0.324 e. The van der Waals surface area contributed by atoms with Crippen molar-refractivity contribution in [3.05, 3.63) is 102 Å². The smallest absolute Gasteiger partial charge is 0.324 e. The van der Waals surface area contributed by atoms with Crippen molar-refractivity contribution in [2.24, 2.45) is 4.99 Å². The second kappa shape index (κ2) is 16.5. The van der Waals surface area contributed by atoms with Crippen molar-refractivity contribution in [1.82, 2.24) is 20.1 Å². The van der Waals surface area contributed by atoms with Gasteiger partial charge < -0.3 is 15.4 Å². The van der Waals surface area contributed by atoms with Gasteiger partial charge >= 0.3 is 6.03 Å². The lowest BCUT2D eigenvalue weighted by Crippen LogP contribution is -2.31. The molecule has 11 heteroatoms. The molecule has 50 heavy (non-hydrogen) atoms. The zero-order chi connectivity index (χ0) is 36.4. The van der Waals surface area contributed by atoms with E-state index in [1.54, 1.807) is 23.0 Å². The standard InChI is InChI=1S/C35H38N6O3.C4H7NO/c1-22(2)37-33(42)20-24-19-26(17-18-36-24)44-30-16-15-29(27-9-7-8-10-28(27)30)38-34(43)39-32-21-31(35(4,5)6)40-41(32)25-13-11-23(3)12-14-25;1-4(2)5-3-6/h7-19,21-22H,20H2,1-6H3,(H,37,42)(H2,38,39,43);4H,1-2H3. The van der Waals surface area contributed by atoms with Crippen LogP contribution in [0.3, 0.4) is 0 Å². The van der Waals surface area contributed by atoms with E-state index in [-0.39, 0.29) is 29.8 Å². The summed E-state index contributed by atoms with van der Waals surface area (Å²) in [6.07, 6.45) is 3.23. The lowest BCUT2D eigenvalue weighted by molar-refractivity contribution is -0.120. The molecular weight excluding hydrogens is 630 g/mol. The first-order valence-corrected chi connectivity index (χ1v) is 16.5. The highest BCUT2D eigenvalue weighted by Gasteiger charge is 2.22. The summed E-state index contributed by atoms with van der Waals surface area (Å²) in [6.45, 7) is 15.8. The first kappa shape index (κ1) is 37.0. The number of ether oxygens (including phenoxy) is 1. The van der Waals surface area contributed by atoms with Crippen LogP contribution in [0.25, 0.3) is 16.5 Å². The van der Waals surface area contributed by atoms with Crippen molar-refractivity contribution in [3.63, 3.8) is 0 Å². The predicted molar refractivity (Wildman–Crippen MR) is 198 cm³/mol. The number of benzene rings is 3. The number of pyridine rings is 1. The fourth-order valence-electron chi connectivity index (χ4n) is 4.84. The Kier molecular flexibility index (Phi) is 12.2. The van der Waals surface area contributed by atoms with Crippen LogP contribution < -0.4 is 20.7 Å². The third kappa shape index (κ3) is 10.3. The summed E-state index contributed by atoms with van der Waals surface area (Å²) >= 11 is 0. The number of amides is 3. The highest BCUT2D eigenvalue weighted by molar-refractivity contribution is 6.07. The van der Waals surface area contributed by atoms with Gasteiger partial charge in [0.2, 0.25) is 12.0 Å². The largest absolute Gasteiger partial charge is 0.457 e. The van der Waals surface area contributed by atoms with E-state index in [0.29, 0.717) is 28.7 Å². The Morgan fingerprint density at radius 1 is 0.920 bits per heavy atom. The minimum atomic E-state index is -0.393. The number of aliphatic imine (C=N–C) groups is 1. The minimum absolute atomic E-state index is 0.0545. The molecule has 0 bridgehead atoms. The van der Waals surface area contributed by atoms with E-state index in [4.69, 9.17) is 9.84 Å². The highest BCUT2D eigenvalue weighted by atomic mass is 16.5. The van der Waals surface area contributed by atoms with E-state index in [9.17, 15) is 14.4 Å². The molecule has 5 aromatic rings. The molecular formula is C39H45N7O4. The Morgan fingerprint density at radius 2 is 1.62 bits per heavy atom. The van der Waals surface area contributed by atoms with E-state index < -0.39 is 6.03 Å². The van der Waals surface area contributed by atoms with Gasteiger partial charge in [-0.2, -0.15) is 5.10 Å². The Bertz CT molecular complexity index is 1990. The number of carbonyl (C=O) groups is 2. The van der Waals surface area contributed by atoms with Gasteiger partial charge in [0, 0.05) is 40.6 Å². The molecule has 2 aromatic heterocycles. The number of anilines is 2. The second-order valence-corrected chi connectivity index (χ2v) is 13.4. The number of carbonyl (C=O) groups excluding carboxylic acids is 3. The second-order valence-electron chi connectivity index (χ2n) is 13.4. The molecule has 11 nitrogen and oxygen atoms in total. The van der Waals surface area contributed by atoms with Gasteiger partial charge in [-0.25, -0.2) is 19.3 Å². The molecule has 3 aromatic carbocycles. The molecule has 0 saturated heterocycles. The Morgan fingerprint density at radius 3 is 2.24 bits per heavy atom. The van der Waals surface area contributed by atoms with Crippen molar-refractivity contribution >= 4 is 40.3 Å². The van der Waals surface area contributed by atoms with Gasteiger partial charge in [-0.3, -0.25) is 15.1 Å².